The van der Waals surface area contributed by atoms with Crippen molar-refractivity contribution >= 4 is 43.2 Å². The molecular formula is C23H18FN3O3S2. The predicted molar refractivity (Wildman–Crippen MR) is 124 cm³/mol. The van der Waals surface area contributed by atoms with Gasteiger partial charge in [0.1, 0.15) is 5.82 Å². The zero-order valence-corrected chi connectivity index (χ0v) is 18.4. The lowest BCUT2D eigenvalue weighted by Crippen LogP contribution is -2.16. The first kappa shape index (κ1) is 21.7. The lowest BCUT2D eigenvalue weighted by molar-refractivity contribution is 0.0998. The molecule has 0 fully saturated rings. The van der Waals surface area contributed by atoms with Gasteiger partial charge in [0, 0.05) is 17.8 Å². The number of allylic oxidation sites excluding steroid dienone is 1. The summed E-state index contributed by atoms with van der Waals surface area (Å²) < 4.78 is 43.5. The number of rotatable bonds is 6. The number of sulfonamides is 1. The number of nitrogens with one attached hydrogen (secondary N) is 1. The molecule has 0 aliphatic heterocycles. The van der Waals surface area contributed by atoms with E-state index in [-0.39, 0.29) is 16.1 Å². The average molecular weight is 468 g/mol. The fraction of sp³-hybridized carbons (Fsp3) is 0.0435. The maximum Gasteiger partial charge on any atom is 0.279 e. The van der Waals surface area contributed by atoms with Gasteiger partial charge < -0.3 is 4.57 Å². The van der Waals surface area contributed by atoms with E-state index >= 15 is 0 Å². The van der Waals surface area contributed by atoms with Gasteiger partial charge in [-0.15, -0.1) is 6.58 Å². The fourth-order valence-corrected chi connectivity index (χ4v) is 5.19. The number of carbonyl (C=O) groups is 1. The zero-order valence-electron chi connectivity index (χ0n) is 16.7. The topological polar surface area (TPSA) is 80.5 Å². The maximum atomic E-state index is 13.1. The number of hydrogen-bond acceptors (Lipinski definition) is 4. The Bertz CT molecular complexity index is 1490. The molecule has 4 aromatic rings. The number of halogens is 1. The summed E-state index contributed by atoms with van der Waals surface area (Å²) in [5.41, 5.74) is 1.38. The van der Waals surface area contributed by atoms with E-state index in [2.05, 4.69) is 16.3 Å². The van der Waals surface area contributed by atoms with Crippen LogP contribution in [-0.2, 0) is 16.6 Å². The van der Waals surface area contributed by atoms with Gasteiger partial charge in [0.25, 0.3) is 15.9 Å². The van der Waals surface area contributed by atoms with Crippen LogP contribution in [-0.4, -0.2) is 18.9 Å². The summed E-state index contributed by atoms with van der Waals surface area (Å²) in [5.74, 6) is -1.04. The number of nitrogens with zero attached hydrogens (tertiary/aromatic N) is 2. The lowest BCUT2D eigenvalue weighted by Gasteiger charge is -2.08. The van der Waals surface area contributed by atoms with E-state index in [9.17, 15) is 17.6 Å². The Kier molecular flexibility index (Phi) is 6.02. The Balaban J connectivity index is 1.66. The minimum Gasteiger partial charge on any atom is -0.312 e. The smallest absolute Gasteiger partial charge is 0.279 e. The first-order chi connectivity index (χ1) is 15.4. The molecule has 162 valence electrons. The van der Waals surface area contributed by atoms with Crippen LogP contribution in [0.3, 0.4) is 0 Å². The fourth-order valence-electron chi connectivity index (χ4n) is 3.11. The molecule has 6 nitrogen and oxygen atoms in total. The number of amides is 1. The van der Waals surface area contributed by atoms with Crippen LogP contribution in [0, 0.1) is 5.82 Å². The van der Waals surface area contributed by atoms with Gasteiger partial charge in [-0.05, 0) is 54.6 Å². The highest BCUT2D eigenvalue weighted by atomic mass is 32.2. The molecule has 1 heterocycles. The van der Waals surface area contributed by atoms with E-state index in [4.69, 9.17) is 0 Å². The minimum absolute atomic E-state index is 0.0870. The van der Waals surface area contributed by atoms with Gasteiger partial charge in [-0.3, -0.25) is 9.52 Å². The van der Waals surface area contributed by atoms with E-state index in [1.165, 1.54) is 35.6 Å². The molecule has 0 aliphatic carbocycles. The molecule has 0 atom stereocenters. The molecule has 0 saturated carbocycles. The second-order valence-corrected chi connectivity index (χ2v) is 9.50. The average Bonchev–Trinajstić information content (AvgIpc) is 3.11. The van der Waals surface area contributed by atoms with Crippen molar-refractivity contribution in [2.45, 2.75) is 11.4 Å². The van der Waals surface area contributed by atoms with Gasteiger partial charge in [-0.1, -0.05) is 35.6 Å². The van der Waals surface area contributed by atoms with Crippen molar-refractivity contribution in [3.8, 4) is 0 Å². The molecule has 0 bridgehead atoms. The van der Waals surface area contributed by atoms with E-state index in [0.29, 0.717) is 11.3 Å². The van der Waals surface area contributed by atoms with Gasteiger partial charge >= 0.3 is 0 Å². The molecule has 9 heteroatoms. The third-order valence-corrected chi connectivity index (χ3v) is 7.04. The van der Waals surface area contributed by atoms with Crippen LogP contribution < -0.4 is 9.52 Å². The first-order valence-electron chi connectivity index (χ1n) is 9.54. The first-order valence-corrected chi connectivity index (χ1v) is 11.8. The summed E-state index contributed by atoms with van der Waals surface area (Å²) in [7, 11) is -3.93. The molecular weight excluding hydrogens is 449 g/mol. The standard InChI is InChI=1S/C23H18FN3O3S2/c1-2-14-27-20-8-3-4-9-21(20)31-23(27)25-22(28)16-6-5-7-18(15-16)26-32(29,30)19-12-10-17(24)11-13-19/h2-13,15,26H,1,14H2. The molecule has 0 aliphatic rings. The summed E-state index contributed by atoms with van der Waals surface area (Å²) in [6, 6.07) is 18.3. The highest BCUT2D eigenvalue weighted by Crippen LogP contribution is 2.19. The molecule has 3 aromatic carbocycles. The van der Waals surface area contributed by atoms with Gasteiger partial charge in [-0.2, -0.15) is 4.99 Å². The normalized spacial score (nSPS) is 12.1. The molecule has 1 amide bonds. The predicted octanol–water partition coefficient (Wildman–Crippen LogP) is 4.57. The van der Waals surface area contributed by atoms with Crippen LogP contribution in [0.25, 0.3) is 10.2 Å². The summed E-state index contributed by atoms with van der Waals surface area (Å²) in [6.45, 7) is 4.26. The van der Waals surface area contributed by atoms with Gasteiger partial charge in [0.15, 0.2) is 4.80 Å². The van der Waals surface area contributed by atoms with E-state index in [0.717, 1.165) is 22.3 Å². The minimum atomic E-state index is -3.93. The molecule has 1 N–H and O–H groups in total. The summed E-state index contributed by atoms with van der Waals surface area (Å²) in [5, 5.41) is 0. The van der Waals surface area contributed by atoms with Crippen LogP contribution in [0.5, 0.6) is 0 Å². The Morgan fingerprint density at radius 3 is 2.59 bits per heavy atom. The molecule has 0 unspecified atom stereocenters. The molecule has 0 radical (unpaired) electrons. The zero-order chi connectivity index (χ0) is 22.7. The Morgan fingerprint density at radius 1 is 1.09 bits per heavy atom. The van der Waals surface area contributed by atoms with Crippen molar-refractivity contribution in [2.24, 2.45) is 4.99 Å². The monoisotopic (exact) mass is 467 g/mol. The number of hydrogen-bond donors (Lipinski definition) is 1. The number of fused-ring (bicyclic) bond motifs is 1. The molecule has 32 heavy (non-hydrogen) atoms. The summed E-state index contributed by atoms with van der Waals surface area (Å²) in [4.78, 5) is 17.6. The summed E-state index contributed by atoms with van der Waals surface area (Å²) in [6.07, 6.45) is 1.73. The van der Waals surface area contributed by atoms with Crippen molar-refractivity contribution in [3.05, 3.63) is 102 Å². The van der Waals surface area contributed by atoms with Crippen molar-refractivity contribution in [2.75, 3.05) is 4.72 Å². The van der Waals surface area contributed by atoms with Crippen LogP contribution in [0.4, 0.5) is 10.1 Å². The Morgan fingerprint density at radius 2 is 1.84 bits per heavy atom. The van der Waals surface area contributed by atoms with Crippen LogP contribution in [0.15, 0.2) is 95.3 Å². The van der Waals surface area contributed by atoms with Crippen LogP contribution in [0.2, 0.25) is 0 Å². The van der Waals surface area contributed by atoms with E-state index < -0.39 is 21.7 Å². The van der Waals surface area contributed by atoms with Gasteiger partial charge in [0.05, 0.1) is 15.1 Å². The second kappa shape index (κ2) is 8.89. The van der Waals surface area contributed by atoms with Crippen LogP contribution in [0.1, 0.15) is 10.4 Å². The number of para-hydroxylation sites is 1. The molecule has 1 aromatic heterocycles. The highest BCUT2D eigenvalue weighted by molar-refractivity contribution is 7.92. The Hall–Kier alpha value is -3.56. The lowest BCUT2D eigenvalue weighted by atomic mass is 10.2. The molecule has 4 rings (SSSR count). The van der Waals surface area contributed by atoms with E-state index in [1.54, 1.807) is 18.2 Å². The van der Waals surface area contributed by atoms with Crippen molar-refractivity contribution in [1.82, 2.24) is 4.57 Å². The number of benzene rings is 3. The number of thiazole rings is 1. The number of anilines is 1. The maximum absolute atomic E-state index is 13.1. The van der Waals surface area contributed by atoms with E-state index in [1.807, 2.05) is 28.8 Å². The van der Waals surface area contributed by atoms with Gasteiger partial charge in [0.2, 0.25) is 0 Å². The van der Waals surface area contributed by atoms with Crippen molar-refractivity contribution in [3.63, 3.8) is 0 Å². The molecule has 0 spiro atoms. The van der Waals surface area contributed by atoms with Gasteiger partial charge in [-0.25, -0.2) is 12.8 Å². The third kappa shape index (κ3) is 4.53. The number of carbonyl (C=O) groups excluding carboxylic acids is 1. The SMILES string of the molecule is C=CCn1c(=NC(=O)c2cccc(NS(=O)(=O)c3ccc(F)cc3)c2)sc2ccccc21. The highest BCUT2D eigenvalue weighted by Gasteiger charge is 2.15. The Labute approximate surface area is 188 Å². The van der Waals surface area contributed by atoms with Crippen LogP contribution >= 0.6 is 11.3 Å². The molecule has 0 saturated heterocycles. The largest absolute Gasteiger partial charge is 0.312 e. The van der Waals surface area contributed by atoms with Crippen molar-refractivity contribution < 1.29 is 17.6 Å². The van der Waals surface area contributed by atoms with Crippen molar-refractivity contribution in [1.29, 1.82) is 0 Å². The summed E-state index contributed by atoms with van der Waals surface area (Å²) >= 11 is 1.39. The third-order valence-electron chi connectivity index (χ3n) is 4.58. The number of aromatic nitrogens is 1. The quantitative estimate of drug-likeness (QED) is 0.422. The second-order valence-electron chi connectivity index (χ2n) is 6.81.